The summed E-state index contributed by atoms with van der Waals surface area (Å²) in [7, 11) is 0. The number of halogens is 1. The lowest BCUT2D eigenvalue weighted by Crippen LogP contribution is -2.44. The summed E-state index contributed by atoms with van der Waals surface area (Å²) in [5.41, 5.74) is 1.51. The molecule has 0 aliphatic carbocycles. The van der Waals surface area contributed by atoms with Crippen molar-refractivity contribution in [3.63, 3.8) is 0 Å². The monoisotopic (exact) mass is 568 g/mol. The molecule has 0 radical (unpaired) electrons. The number of carbonyl (C=O) groups excluding carboxylic acids is 4. The average Bonchev–Trinajstić information content (AvgIpc) is 2.88. The van der Waals surface area contributed by atoms with E-state index in [1.54, 1.807) is 18.2 Å². The van der Waals surface area contributed by atoms with Gasteiger partial charge in [0, 0.05) is 45.0 Å². The summed E-state index contributed by atoms with van der Waals surface area (Å²) in [5, 5.41) is 0.864. The number of benzene rings is 2. The van der Waals surface area contributed by atoms with E-state index >= 15 is 0 Å². The Balaban J connectivity index is 1.59. The zero-order chi connectivity index (χ0) is 26.5. The van der Waals surface area contributed by atoms with Crippen LogP contribution in [0.5, 0.6) is 0 Å². The van der Waals surface area contributed by atoms with Crippen LogP contribution in [-0.4, -0.2) is 46.5 Å². The summed E-state index contributed by atoms with van der Waals surface area (Å²) in [6, 6.07) is 4.96. The van der Waals surface area contributed by atoms with Gasteiger partial charge >= 0.3 is 0 Å². The molecule has 2 aliphatic heterocycles. The van der Waals surface area contributed by atoms with Crippen LogP contribution in [0.25, 0.3) is 10.8 Å². The third kappa shape index (κ3) is 5.38. The predicted molar refractivity (Wildman–Crippen MR) is 149 cm³/mol. The van der Waals surface area contributed by atoms with Gasteiger partial charge in [-0.1, -0.05) is 78.1 Å². The molecule has 2 heterocycles. The lowest BCUT2D eigenvalue weighted by atomic mass is 9.85. The molecule has 4 amide bonds. The Bertz CT molecular complexity index is 1220. The summed E-state index contributed by atoms with van der Waals surface area (Å²) >= 11 is 3.52. The summed E-state index contributed by atoms with van der Waals surface area (Å²) in [4.78, 5) is 56.4. The molecule has 2 aromatic rings. The first-order chi connectivity index (χ1) is 17.9. The number of hydrogen-bond donors (Lipinski definition) is 0. The highest BCUT2D eigenvalue weighted by Gasteiger charge is 2.40. The number of imide groups is 2. The predicted octanol–water partition coefficient (Wildman–Crippen LogP) is 7.52. The zero-order valence-electron chi connectivity index (χ0n) is 22.0. The van der Waals surface area contributed by atoms with E-state index in [9.17, 15) is 19.2 Å². The maximum Gasteiger partial charge on any atom is 0.262 e. The lowest BCUT2D eigenvalue weighted by molar-refractivity contribution is 0.0585. The maximum absolute atomic E-state index is 13.5. The van der Waals surface area contributed by atoms with E-state index in [0.717, 1.165) is 51.4 Å². The molecule has 4 rings (SSSR count). The van der Waals surface area contributed by atoms with Crippen LogP contribution in [-0.2, 0) is 0 Å². The molecule has 7 heteroatoms. The van der Waals surface area contributed by atoms with Gasteiger partial charge in [0.1, 0.15) is 0 Å². The Hall–Kier alpha value is -2.54. The summed E-state index contributed by atoms with van der Waals surface area (Å²) in [6.45, 7) is 5.08. The third-order valence-electron chi connectivity index (χ3n) is 7.59. The van der Waals surface area contributed by atoms with E-state index in [1.807, 2.05) is 0 Å². The maximum atomic E-state index is 13.5. The minimum absolute atomic E-state index is 0.347. The van der Waals surface area contributed by atoms with Crippen LogP contribution in [0.4, 0.5) is 0 Å². The number of rotatable bonds is 14. The van der Waals surface area contributed by atoms with E-state index in [4.69, 9.17) is 0 Å². The number of hydrogen-bond acceptors (Lipinski definition) is 4. The van der Waals surface area contributed by atoms with E-state index in [2.05, 4.69) is 29.8 Å². The van der Waals surface area contributed by atoms with Crippen LogP contribution in [0.1, 0.15) is 132 Å². The minimum atomic E-state index is -0.365. The summed E-state index contributed by atoms with van der Waals surface area (Å²) in [6.07, 6.45) is 12.7. The first kappa shape index (κ1) is 27.5. The van der Waals surface area contributed by atoms with Gasteiger partial charge in [0.05, 0.1) is 5.56 Å². The molecule has 0 spiro atoms. The van der Waals surface area contributed by atoms with Crippen molar-refractivity contribution >= 4 is 50.3 Å². The fourth-order valence-corrected chi connectivity index (χ4v) is 6.13. The van der Waals surface area contributed by atoms with Crippen LogP contribution in [0.3, 0.4) is 0 Å². The van der Waals surface area contributed by atoms with E-state index < -0.39 is 0 Å². The smallest absolute Gasteiger partial charge is 0.262 e. The zero-order valence-corrected chi connectivity index (χ0v) is 23.6. The van der Waals surface area contributed by atoms with Crippen molar-refractivity contribution in [3.05, 3.63) is 44.9 Å². The molecule has 0 fully saturated rings. The minimum Gasteiger partial charge on any atom is -0.274 e. The van der Waals surface area contributed by atoms with Crippen molar-refractivity contribution in [1.29, 1.82) is 0 Å². The van der Waals surface area contributed by atoms with Gasteiger partial charge < -0.3 is 0 Å². The van der Waals surface area contributed by atoms with Crippen LogP contribution in [0.2, 0.25) is 0 Å². The van der Waals surface area contributed by atoms with Crippen molar-refractivity contribution in [2.45, 2.75) is 90.9 Å². The molecule has 2 aromatic carbocycles. The van der Waals surface area contributed by atoms with Gasteiger partial charge in [-0.25, -0.2) is 0 Å². The molecule has 0 saturated heterocycles. The Kier molecular flexibility index (Phi) is 9.17. The van der Waals surface area contributed by atoms with Gasteiger partial charge in [-0.15, -0.1) is 0 Å². The van der Waals surface area contributed by atoms with Gasteiger partial charge in [-0.05, 0) is 47.0 Å². The van der Waals surface area contributed by atoms with Crippen LogP contribution in [0, 0.1) is 0 Å². The van der Waals surface area contributed by atoms with Crippen molar-refractivity contribution < 1.29 is 19.2 Å². The van der Waals surface area contributed by atoms with Gasteiger partial charge in [0.25, 0.3) is 23.6 Å². The van der Waals surface area contributed by atoms with Crippen molar-refractivity contribution in [2.75, 3.05) is 13.1 Å². The Labute approximate surface area is 227 Å². The van der Waals surface area contributed by atoms with Crippen molar-refractivity contribution in [3.8, 4) is 0 Å². The Morgan fingerprint density at radius 1 is 0.568 bits per heavy atom. The molecule has 0 bridgehead atoms. The molecule has 0 saturated carbocycles. The molecule has 37 heavy (non-hydrogen) atoms. The second-order valence-electron chi connectivity index (χ2n) is 10.3. The number of unbranched alkanes of at least 4 members (excludes halogenated alkanes) is 10. The Morgan fingerprint density at radius 3 is 1.54 bits per heavy atom. The third-order valence-corrected chi connectivity index (χ3v) is 8.22. The quantitative estimate of drug-likeness (QED) is 0.174. The normalized spacial score (nSPS) is 14.9. The van der Waals surface area contributed by atoms with Gasteiger partial charge in [-0.2, -0.15) is 0 Å². The van der Waals surface area contributed by atoms with Crippen LogP contribution in [0.15, 0.2) is 22.7 Å². The molecular formula is C30H37BrN2O4. The molecule has 6 nitrogen and oxygen atoms in total. The number of carbonyl (C=O) groups is 4. The number of amides is 4. The van der Waals surface area contributed by atoms with Crippen molar-refractivity contribution in [2.24, 2.45) is 0 Å². The topological polar surface area (TPSA) is 74.8 Å². The second kappa shape index (κ2) is 12.3. The second-order valence-corrected chi connectivity index (χ2v) is 11.1. The van der Waals surface area contributed by atoms with E-state index in [0.29, 0.717) is 50.6 Å². The summed E-state index contributed by atoms with van der Waals surface area (Å²) < 4.78 is 0.487. The largest absolute Gasteiger partial charge is 0.274 e. The molecule has 0 unspecified atom stereocenters. The van der Waals surface area contributed by atoms with E-state index in [-0.39, 0.29) is 23.6 Å². The van der Waals surface area contributed by atoms with Crippen molar-refractivity contribution in [1.82, 2.24) is 9.80 Å². The van der Waals surface area contributed by atoms with E-state index in [1.165, 1.54) is 35.5 Å². The molecule has 198 valence electrons. The molecule has 0 atom stereocenters. The summed E-state index contributed by atoms with van der Waals surface area (Å²) in [5.74, 6) is -1.42. The van der Waals surface area contributed by atoms with Crippen LogP contribution >= 0.6 is 15.9 Å². The van der Waals surface area contributed by atoms with Gasteiger partial charge in [0.2, 0.25) is 0 Å². The fraction of sp³-hybridized carbons (Fsp3) is 0.533. The Morgan fingerprint density at radius 2 is 1.00 bits per heavy atom. The highest BCUT2D eigenvalue weighted by Crippen LogP contribution is 2.41. The lowest BCUT2D eigenvalue weighted by Gasteiger charge is -2.32. The number of nitrogens with zero attached hydrogens (tertiary/aromatic N) is 2. The molecular weight excluding hydrogens is 532 g/mol. The van der Waals surface area contributed by atoms with Gasteiger partial charge in [0.15, 0.2) is 0 Å². The molecule has 2 aliphatic rings. The first-order valence-electron chi connectivity index (χ1n) is 13.9. The van der Waals surface area contributed by atoms with Gasteiger partial charge in [-0.3, -0.25) is 29.0 Å². The average molecular weight is 570 g/mol. The molecule has 0 N–H and O–H groups in total. The standard InChI is InChI=1S/C30H37BrN2O4/c1-3-5-7-9-11-13-17-32-27(34)20-15-16-21-25-24(20)22(29(32)36)19-23(31)26(25)30(37)33(28(21)35)18-14-12-10-8-6-4-2/h15-16,19H,3-14,17-18H2,1-2H3. The highest BCUT2D eigenvalue weighted by molar-refractivity contribution is 9.10. The first-order valence-corrected chi connectivity index (χ1v) is 14.7. The SMILES string of the molecule is CCCCCCCCN1C(=O)c2ccc3c4c(c(Br)cc(c24)C1=O)C(=O)N(CCCCCCCC)C3=O. The van der Waals surface area contributed by atoms with Crippen LogP contribution < -0.4 is 0 Å². The highest BCUT2D eigenvalue weighted by atomic mass is 79.9. The fourth-order valence-electron chi connectivity index (χ4n) is 5.53. The molecule has 0 aromatic heterocycles.